The van der Waals surface area contributed by atoms with Crippen LogP contribution in [0.5, 0.6) is 11.5 Å². The Labute approximate surface area is 180 Å². The lowest BCUT2D eigenvalue weighted by atomic mass is 10.2. The molecule has 0 radical (unpaired) electrons. The van der Waals surface area contributed by atoms with E-state index in [1.807, 2.05) is 48.5 Å². The van der Waals surface area contributed by atoms with E-state index in [4.69, 9.17) is 9.47 Å². The van der Waals surface area contributed by atoms with Gasteiger partial charge < -0.3 is 19.7 Å². The number of ether oxygens (including phenoxy) is 2. The Kier molecular flexibility index (Phi) is 7.21. The Morgan fingerprint density at radius 3 is 2.55 bits per heavy atom. The molecular formula is C22H25N5O4. The lowest BCUT2D eigenvalue weighted by molar-refractivity contribution is -0.129. The molecule has 0 saturated heterocycles. The molecule has 31 heavy (non-hydrogen) atoms. The summed E-state index contributed by atoms with van der Waals surface area (Å²) in [5.74, 6) is 0.677. The van der Waals surface area contributed by atoms with Crippen molar-refractivity contribution in [3.63, 3.8) is 0 Å². The van der Waals surface area contributed by atoms with Crippen LogP contribution >= 0.6 is 0 Å². The van der Waals surface area contributed by atoms with Crippen molar-refractivity contribution in [3.8, 4) is 11.5 Å². The van der Waals surface area contributed by atoms with Crippen molar-refractivity contribution in [2.45, 2.75) is 19.7 Å². The van der Waals surface area contributed by atoms with Gasteiger partial charge in [0, 0.05) is 20.6 Å². The summed E-state index contributed by atoms with van der Waals surface area (Å²) in [5, 5.41) is 10.4. The Balaban J connectivity index is 1.57. The molecule has 0 aliphatic heterocycles. The second-order valence-electron chi connectivity index (χ2n) is 7.03. The lowest BCUT2D eigenvalue weighted by Crippen LogP contribution is -2.26. The minimum atomic E-state index is -0.382. The van der Waals surface area contributed by atoms with Gasteiger partial charge in [0.15, 0.2) is 17.2 Å². The summed E-state index contributed by atoms with van der Waals surface area (Å²) in [6, 6.07) is 15.3. The first-order valence-corrected chi connectivity index (χ1v) is 9.68. The van der Waals surface area contributed by atoms with Gasteiger partial charge in [-0.3, -0.25) is 9.59 Å². The number of hydrogen-bond acceptors (Lipinski definition) is 6. The summed E-state index contributed by atoms with van der Waals surface area (Å²) in [5.41, 5.74) is 2.04. The highest BCUT2D eigenvalue weighted by molar-refractivity contribution is 5.91. The van der Waals surface area contributed by atoms with E-state index in [-0.39, 0.29) is 30.6 Å². The van der Waals surface area contributed by atoms with Crippen molar-refractivity contribution < 1.29 is 19.1 Å². The molecule has 0 fully saturated rings. The summed E-state index contributed by atoms with van der Waals surface area (Å²) in [7, 11) is 4.87. The zero-order valence-electron chi connectivity index (χ0n) is 17.7. The summed E-state index contributed by atoms with van der Waals surface area (Å²) in [4.78, 5) is 25.5. The standard InChI is InChI=1S/C22H25N5O4/c1-26(2)21(28)14-27-13-18(24-25-27)22(29)23-12-17-9-10-19(20(11-17)30-3)31-15-16-7-5-4-6-8-16/h4-11,13H,12,14-15H2,1-3H3,(H,23,29). The van der Waals surface area contributed by atoms with Gasteiger partial charge in [-0.25, -0.2) is 4.68 Å². The van der Waals surface area contributed by atoms with E-state index in [0.29, 0.717) is 18.1 Å². The SMILES string of the molecule is COc1cc(CNC(=O)c2cn(CC(=O)N(C)C)nn2)ccc1OCc1ccccc1. The van der Waals surface area contributed by atoms with Gasteiger partial charge in [0.05, 0.1) is 13.3 Å². The second-order valence-corrected chi connectivity index (χ2v) is 7.03. The van der Waals surface area contributed by atoms with Gasteiger partial charge in [0.25, 0.3) is 5.91 Å². The van der Waals surface area contributed by atoms with Crippen molar-refractivity contribution in [2.75, 3.05) is 21.2 Å². The predicted molar refractivity (Wildman–Crippen MR) is 114 cm³/mol. The van der Waals surface area contributed by atoms with Crippen molar-refractivity contribution >= 4 is 11.8 Å². The van der Waals surface area contributed by atoms with Gasteiger partial charge >= 0.3 is 0 Å². The van der Waals surface area contributed by atoms with Crippen LogP contribution in [-0.2, 0) is 24.5 Å². The van der Waals surface area contributed by atoms with E-state index in [0.717, 1.165) is 11.1 Å². The third-order valence-corrected chi connectivity index (χ3v) is 4.49. The zero-order chi connectivity index (χ0) is 22.2. The maximum absolute atomic E-state index is 12.4. The zero-order valence-corrected chi connectivity index (χ0v) is 17.7. The van der Waals surface area contributed by atoms with Crippen LogP contribution in [-0.4, -0.2) is 52.9 Å². The summed E-state index contributed by atoms with van der Waals surface area (Å²) in [6.07, 6.45) is 1.44. The van der Waals surface area contributed by atoms with Gasteiger partial charge in [-0.2, -0.15) is 0 Å². The predicted octanol–water partition coefficient (Wildman–Crippen LogP) is 1.88. The lowest BCUT2D eigenvalue weighted by Gasteiger charge is -2.12. The first-order chi connectivity index (χ1) is 15.0. The molecule has 0 spiro atoms. The molecule has 0 atom stereocenters. The quantitative estimate of drug-likeness (QED) is 0.564. The van der Waals surface area contributed by atoms with Crippen LogP contribution in [0.3, 0.4) is 0 Å². The molecule has 9 nitrogen and oxygen atoms in total. The van der Waals surface area contributed by atoms with Crippen LogP contribution in [0.25, 0.3) is 0 Å². The largest absolute Gasteiger partial charge is 0.493 e. The van der Waals surface area contributed by atoms with Crippen molar-refractivity contribution in [1.82, 2.24) is 25.2 Å². The Morgan fingerprint density at radius 2 is 1.84 bits per heavy atom. The van der Waals surface area contributed by atoms with Gasteiger partial charge in [0.1, 0.15) is 13.2 Å². The van der Waals surface area contributed by atoms with E-state index >= 15 is 0 Å². The van der Waals surface area contributed by atoms with Crippen LogP contribution in [0.4, 0.5) is 0 Å². The molecule has 1 heterocycles. The minimum absolute atomic E-state index is 0.0227. The monoisotopic (exact) mass is 423 g/mol. The number of methoxy groups -OCH3 is 1. The van der Waals surface area contributed by atoms with E-state index < -0.39 is 0 Å². The van der Waals surface area contributed by atoms with Gasteiger partial charge in [-0.1, -0.05) is 41.6 Å². The molecule has 1 N–H and O–H groups in total. The number of rotatable bonds is 9. The number of aromatic nitrogens is 3. The molecule has 0 unspecified atom stereocenters. The Bertz CT molecular complexity index is 1030. The summed E-state index contributed by atoms with van der Waals surface area (Å²) < 4.78 is 12.6. The second kappa shape index (κ2) is 10.2. The fraction of sp³-hybridized carbons (Fsp3) is 0.273. The average Bonchev–Trinajstić information content (AvgIpc) is 3.25. The highest BCUT2D eigenvalue weighted by Gasteiger charge is 2.14. The molecule has 0 aliphatic rings. The maximum atomic E-state index is 12.4. The molecule has 0 bridgehead atoms. The van der Waals surface area contributed by atoms with Crippen molar-refractivity contribution in [3.05, 3.63) is 71.5 Å². The fourth-order valence-electron chi connectivity index (χ4n) is 2.71. The molecule has 2 amide bonds. The number of amides is 2. The van der Waals surface area contributed by atoms with E-state index in [2.05, 4.69) is 15.6 Å². The van der Waals surface area contributed by atoms with Gasteiger partial charge in [-0.15, -0.1) is 5.10 Å². The van der Waals surface area contributed by atoms with Crippen LogP contribution in [0.2, 0.25) is 0 Å². The molecule has 0 saturated carbocycles. The first kappa shape index (κ1) is 21.8. The maximum Gasteiger partial charge on any atom is 0.273 e. The van der Waals surface area contributed by atoms with Crippen LogP contribution in [0.15, 0.2) is 54.7 Å². The molecule has 9 heteroatoms. The fourth-order valence-corrected chi connectivity index (χ4v) is 2.71. The smallest absolute Gasteiger partial charge is 0.273 e. The van der Waals surface area contributed by atoms with E-state index in [1.54, 1.807) is 21.2 Å². The molecule has 2 aromatic carbocycles. The third-order valence-electron chi connectivity index (χ3n) is 4.49. The van der Waals surface area contributed by atoms with E-state index in [1.165, 1.54) is 15.8 Å². The number of likely N-dealkylation sites (N-methyl/N-ethyl adjacent to an activating group) is 1. The van der Waals surface area contributed by atoms with Crippen LogP contribution in [0.1, 0.15) is 21.6 Å². The average molecular weight is 423 g/mol. The van der Waals surface area contributed by atoms with Gasteiger partial charge in [0.2, 0.25) is 5.91 Å². The first-order valence-electron chi connectivity index (χ1n) is 9.68. The van der Waals surface area contributed by atoms with Crippen LogP contribution < -0.4 is 14.8 Å². The normalized spacial score (nSPS) is 10.4. The van der Waals surface area contributed by atoms with Crippen molar-refractivity contribution in [2.24, 2.45) is 0 Å². The number of nitrogens with zero attached hydrogens (tertiary/aromatic N) is 4. The molecule has 162 valence electrons. The topological polar surface area (TPSA) is 98.6 Å². The Morgan fingerprint density at radius 1 is 1.06 bits per heavy atom. The number of hydrogen-bond donors (Lipinski definition) is 1. The number of carbonyl (C=O) groups excluding carboxylic acids is 2. The highest BCUT2D eigenvalue weighted by Crippen LogP contribution is 2.28. The number of carbonyl (C=O) groups is 2. The third kappa shape index (κ3) is 6.05. The van der Waals surface area contributed by atoms with Gasteiger partial charge in [-0.05, 0) is 23.3 Å². The molecular weight excluding hydrogens is 398 g/mol. The summed E-state index contributed by atoms with van der Waals surface area (Å²) >= 11 is 0. The number of benzene rings is 2. The Hall–Kier alpha value is -3.88. The summed E-state index contributed by atoms with van der Waals surface area (Å²) in [6.45, 7) is 0.728. The van der Waals surface area contributed by atoms with E-state index in [9.17, 15) is 9.59 Å². The van der Waals surface area contributed by atoms with Crippen LogP contribution in [0, 0.1) is 0 Å². The number of nitrogens with one attached hydrogen (secondary N) is 1. The molecule has 3 aromatic rings. The minimum Gasteiger partial charge on any atom is -0.493 e. The molecule has 0 aliphatic carbocycles. The molecule has 3 rings (SSSR count). The van der Waals surface area contributed by atoms with Crippen molar-refractivity contribution in [1.29, 1.82) is 0 Å². The highest BCUT2D eigenvalue weighted by atomic mass is 16.5. The molecule has 1 aromatic heterocycles.